The van der Waals surface area contributed by atoms with Crippen molar-refractivity contribution in [1.82, 2.24) is 15.1 Å². The topological polar surface area (TPSA) is 55.8 Å². The van der Waals surface area contributed by atoms with Crippen LogP contribution in [0.2, 0.25) is 0 Å². The summed E-state index contributed by atoms with van der Waals surface area (Å²) in [6.07, 6.45) is 2.57. The SMILES string of the molecule is CNCCC(=O)N(C)CC1CCN(CC(C)O)CC1.Cl.Cl. The lowest BCUT2D eigenvalue weighted by molar-refractivity contribution is -0.130. The number of hydrogen-bond acceptors (Lipinski definition) is 4. The molecule has 1 rings (SSSR count). The lowest BCUT2D eigenvalue weighted by Gasteiger charge is -2.34. The van der Waals surface area contributed by atoms with Crippen molar-refractivity contribution in [3.63, 3.8) is 0 Å². The van der Waals surface area contributed by atoms with E-state index in [0.29, 0.717) is 12.3 Å². The highest BCUT2D eigenvalue weighted by atomic mass is 35.5. The third kappa shape index (κ3) is 9.53. The Morgan fingerprint density at radius 2 is 1.95 bits per heavy atom. The van der Waals surface area contributed by atoms with Crippen molar-refractivity contribution in [1.29, 1.82) is 0 Å². The number of carbonyl (C=O) groups excluding carboxylic acids is 1. The van der Waals surface area contributed by atoms with Gasteiger partial charge in [-0.05, 0) is 45.8 Å². The number of aliphatic hydroxyl groups excluding tert-OH is 1. The van der Waals surface area contributed by atoms with Crippen LogP contribution >= 0.6 is 24.8 Å². The Labute approximate surface area is 141 Å². The van der Waals surface area contributed by atoms with E-state index in [1.807, 2.05) is 25.9 Å². The number of halogens is 2. The van der Waals surface area contributed by atoms with E-state index in [1.54, 1.807) is 0 Å². The molecule has 1 unspecified atom stereocenters. The van der Waals surface area contributed by atoms with Crippen molar-refractivity contribution in [2.75, 3.05) is 46.8 Å². The van der Waals surface area contributed by atoms with Crippen LogP contribution in [0.15, 0.2) is 0 Å². The van der Waals surface area contributed by atoms with Gasteiger partial charge in [-0.2, -0.15) is 0 Å². The van der Waals surface area contributed by atoms with Gasteiger partial charge in [0.15, 0.2) is 0 Å². The zero-order valence-corrected chi connectivity index (χ0v) is 15.0. The van der Waals surface area contributed by atoms with Crippen molar-refractivity contribution >= 4 is 30.7 Å². The molecule has 128 valence electrons. The first-order valence-electron chi connectivity index (χ1n) is 7.32. The number of amides is 1. The van der Waals surface area contributed by atoms with Crippen LogP contribution < -0.4 is 5.32 Å². The summed E-state index contributed by atoms with van der Waals surface area (Å²) in [6.45, 7) is 6.28. The Bertz CT molecular complexity index is 273. The minimum absolute atomic E-state index is 0. The zero-order valence-electron chi connectivity index (χ0n) is 13.4. The fourth-order valence-corrected chi connectivity index (χ4v) is 2.64. The summed E-state index contributed by atoms with van der Waals surface area (Å²) in [5.74, 6) is 0.828. The largest absolute Gasteiger partial charge is 0.392 e. The maximum Gasteiger partial charge on any atom is 0.223 e. The minimum atomic E-state index is -0.248. The molecule has 0 radical (unpaired) electrons. The quantitative estimate of drug-likeness (QED) is 0.723. The van der Waals surface area contributed by atoms with Crippen molar-refractivity contribution in [2.24, 2.45) is 5.92 Å². The smallest absolute Gasteiger partial charge is 0.223 e. The molecule has 1 heterocycles. The van der Waals surface area contributed by atoms with E-state index in [-0.39, 0.29) is 36.8 Å². The molecule has 1 fully saturated rings. The second kappa shape index (κ2) is 12.5. The van der Waals surface area contributed by atoms with Crippen LogP contribution in [0.3, 0.4) is 0 Å². The van der Waals surface area contributed by atoms with E-state index < -0.39 is 0 Å². The van der Waals surface area contributed by atoms with Crippen LogP contribution in [0.5, 0.6) is 0 Å². The number of likely N-dealkylation sites (tertiary alicyclic amines) is 1. The van der Waals surface area contributed by atoms with Crippen LogP contribution in [0.25, 0.3) is 0 Å². The summed E-state index contributed by atoms with van der Waals surface area (Å²) in [4.78, 5) is 16.0. The number of hydrogen-bond donors (Lipinski definition) is 2. The van der Waals surface area contributed by atoms with Gasteiger partial charge in [0, 0.05) is 33.1 Å². The molecule has 1 atom stereocenters. The first-order chi connectivity index (χ1) is 9.02. The first kappa shape index (κ1) is 23.2. The number of piperidine rings is 1. The van der Waals surface area contributed by atoms with Gasteiger partial charge in [0.1, 0.15) is 0 Å². The summed E-state index contributed by atoms with van der Waals surface area (Å²) < 4.78 is 0. The van der Waals surface area contributed by atoms with Gasteiger partial charge < -0.3 is 20.2 Å². The van der Waals surface area contributed by atoms with Crippen LogP contribution in [0, 0.1) is 5.92 Å². The van der Waals surface area contributed by atoms with Gasteiger partial charge >= 0.3 is 0 Å². The summed E-state index contributed by atoms with van der Waals surface area (Å²) >= 11 is 0. The summed E-state index contributed by atoms with van der Waals surface area (Å²) in [7, 11) is 3.77. The van der Waals surface area contributed by atoms with E-state index in [0.717, 1.165) is 45.6 Å². The number of carbonyl (C=O) groups is 1. The average molecular weight is 344 g/mol. The highest BCUT2D eigenvalue weighted by Gasteiger charge is 2.22. The fraction of sp³-hybridized carbons (Fsp3) is 0.929. The van der Waals surface area contributed by atoms with Crippen LogP contribution in [-0.2, 0) is 4.79 Å². The number of β-amino-alcohol motifs (C(OH)–C–C–N with tert-alkyl or cyclic N) is 1. The summed E-state index contributed by atoms with van der Waals surface area (Å²) in [5, 5.41) is 12.4. The molecule has 1 aliphatic heterocycles. The van der Waals surface area contributed by atoms with Crippen LogP contribution in [-0.4, -0.2) is 73.7 Å². The van der Waals surface area contributed by atoms with Crippen molar-refractivity contribution in [3.8, 4) is 0 Å². The number of aliphatic hydroxyl groups is 1. The van der Waals surface area contributed by atoms with Crippen molar-refractivity contribution < 1.29 is 9.90 Å². The second-order valence-corrected chi connectivity index (χ2v) is 5.72. The van der Waals surface area contributed by atoms with E-state index in [1.165, 1.54) is 0 Å². The Morgan fingerprint density at radius 3 is 2.43 bits per heavy atom. The molecule has 0 aromatic rings. The Balaban J connectivity index is 0. The number of nitrogens with one attached hydrogen (secondary N) is 1. The second-order valence-electron chi connectivity index (χ2n) is 5.72. The number of nitrogens with zero attached hydrogens (tertiary/aromatic N) is 2. The normalized spacial score (nSPS) is 17.5. The molecule has 0 spiro atoms. The fourth-order valence-electron chi connectivity index (χ4n) is 2.64. The Hall–Kier alpha value is -0.0700. The van der Waals surface area contributed by atoms with Crippen molar-refractivity contribution in [2.45, 2.75) is 32.3 Å². The number of rotatable bonds is 7. The van der Waals surface area contributed by atoms with E-state index in [2.05, 4.69) is 10.2 Å². The maximum absolute atomic E-state index is 11.8. The molecular formula is C14H31Cl2N3O2. The summed E-state index contributed by atoms with van der Waals surface area (Å²) in [5.41, 5.74) is 0. The van der Waals surface area contributed by atoms with Crippen LogP contribution in [0.4, 0.5) is 0 Å². The molecular weight excluding hydrogens is 313 g/mol. The standard InChI is InChI=1S/C14H29N3O2.2ClH/c1-12(18)10-17-8-5-13(6-9-17)11-16(3)14(19)4-7-15-2;;/h12-13,15,18H,4-11H2,1-3H3;2*1H. The molecule has 7 heteroatoms. The highest BCUT2D eigenvalue weighted by molar-refractivity contribution is 5.85. The average Bonchev–Trinajstić information content (AvgIpc) is 2.37. The highest BCUT2D eigenvalue weighted by Crippen LogP contribution is 2.18. The first-order valence-corrected chi connectivity index (χ1v) is 7.32. The van der Waals surface area contributed by atoms with Gasteiger partial charge in [-0.25, -0.2) is 0 Å². The van der Waals surface area contributed by atoms with Crippen molar-refractivity contribution in [3.05, 3.63) is 0 Å². The van der Waals surface area contributed by atoms with E-state index in [4.69, 9.17) is 0 Å². The van der Waals surface area contributed by atoms with Crippen LogP contribution in [0.1, 0.15) is 26.2 Å². The maximum atomic E-state index is 11.8. The van der Waals surface area contributed by atoms with E-state index >= 15 is 0 Å². The predicted octanol–water partition coefficient (Wildman–Crippen LogP) is 0.991. The molecule has 1 aliphatic rings. The molecule has 1 amide bonds. The minimum Gasteiger partial charge on any atom is -0.392 e. The Kier molecular flexibility index (Phi) is 13.8. The molecule has 0 aromatic carbocycles. The van der Waals surface area contributed by atoms with Gasteiger partial charge in [0.05, 0.1) is 6.10 Å². The molecule has 0 bridgehead atoms. The third-order valence-corrected chi connectivity index (χ3v) is 3.78. The lowest BCUT2D eigenvalue weighted by Crippen LogP contribution is -2.41. The monoisotopic (exact) mass is 343 g/mol. The molecule has 0 aromatic heterocycles. The molecule has 1 saturated heterocycles. The van der Waals surface area contributed by atoms with Gasteiger partial charge in [-0.3, -0.25) is 4.79 Å². The van der Waals surface area contributed by atoms with Gasteiger partial charge in [0.25, 0.3) is 0 Å². The predicted molar refractivity (Wildman–Crippen MR) is 91.5 cm³/mol. The zero-order chi connectivity index (χ0) is 14.3. The van der Waals surface area contributed by atoms with E-state index in [9.17, 15) is 9.90 Å². The molecule has 21 heavy (non-hydrogen) atoms. The lowest BCUT2D eigenvalue weighted by atomic mass is 9.96. The Morgan fingerprint density at radius 1 is 1.38 bits per heavy atom. The van der Waals surface area contributed by atoms with Gasteiger partial charge in [0.2, 0.25) is 5.91 Å². The molecule has 5 nitrogen and oxygen atoms in total. The third-order valence-electron chi connectivity index (χ3n) is 3.78. The molecule has 0 aliphatic carbocycles. The van der Waals surface area contributed by atoms with Gasteiger partial charge in [-0.15, -0.1) is 24.8 Å². The molecule has 2 N–H and O–H groups in total. The van der Waals surface area contributed by atoms with Gasteiger partial charge in [-0.1, -0.05) is 0 Å². The molecule has 0 saturated carbocycles. The summed E-state index contributed by atoms with van der Waals surface area (Å²) in [6, 6.07) is 0.